The molecule has 4 nitrogen and oxygen atoms in total. The summed E-state index contributed by atoms with van der Waals surface area (Å²) < 4.78 is 24.1. The molecule has 0 saturated carbocycles. The van der Waals surface area contributed by atoms with Gasteiger partial charge in [0.1, 0.15) is 0 Å². The van der Waals surface area contributed by atoms with Crippen LogP contribution >= 0.6 is 0 Å². The quantitative estimate of drug-likeness (QED) is 0.825. The summed E-state index contributed by atoms with van der Waals surface area (Å²) in [5.74, 6) is 0. The molecule has 100 valence electrons. The van der Waals surface area contributed by atoms with Crippen LogP contribution in [0.4, 0.5) is 5.69 Å². The maximum Gasteiger partial charge on any atom is 0.257 e. The molecule has 2 rings (SSSR count). The van der Waals surface area contributed by atoms with Crippen molar-refractivity contribution < 1.29 is 8.42 Å². The lowest BCUT2D eigenvalue weighted by Crippen LogP contribution is -2.29. The largest absolute Gasteiger partial charge is 0.308 e. The molecule has 2 N–H and O–H groups in total. The third kappa shape index (κ3) is 3.56. The summed E-state index contributed by atoms with van der Waals surface area (Å²) in [4.78, 5) is 2.59. The lowest BCUT2D eigenvalue weighted by Gasteiger charge is -2.09. The highest BCUT2D eigenvalue weighted by Gasteiger charge is 2.12. The van der Waals surface area contributed by atoms with Gasteiger partial charge in [-0.05, 0) is 36.2 Å². The molecule has 2 aromatic rings. The van der Waals surface area contributed by atoms with Gasteiger partial charge in [0.25, 0.3) is 10.0 Å². The Labute approximate surface area is 113 Å². The van der Waals surface area contributed by atoms with Crippen LogP contribution in [0.2, 0.25) is 0 Å². The van der Waals surface area contributed by atoms with Gasteiger partial charge < -0.3 is 5.43 Å². The number of hydrogen-bond acceptors (Lipinski definition) is 3. The lowest BCUT2D eigenvalue weighted by molar-refractivity contribution is 0.587. The van der Waals surface area contributed by atoms with Crippen molar-refractivity contribution >= 4 is 15.7 Å². The SMILES string of the molecule is CCc1ccc(S(=O)(=O)NNc2ccccc2)cc1. The number of benzene rings is 2. The fourth-order valence-electron chi connectivity index (χ4n) is 1.61. The summed E-state index contributed by atoms with van der Waals surface area (Å²) in [6.45, 7) is 2.03. The van der Waals surface area contributed by atoms with Crippen LogP contribution in [0.15, 0.2) is 59.5 Å². The molecular formula is C14H16N2O2S. The molecule has 0 aliphatic rings. The minimum Gasteiger partial charge on any atom is -0.308 e. The molecule has 0 amide bonds. The smallest absolute Gasteiger partial charge is 0.257 e. The second-order valence-corrected chi connectivity index (χ2v) is 5.78. The molecule has 0 aliphatic carbocycles. The van der Waals surface area contributed by atoms with E-state index in [-0.39, 0.29) is 4.90 Å². The predicted molar refractivity (Wildman–Crippen MR) is 76.2 cm³/mol. The van der Waals surface area contributed by atoms with Gasteiger partial charge in [-0.25, -0.2) is 8.42 Å². The zero-order valence-electron chi connectivity index (χ0n) is 10.6. The van der Waals surface area contributed by atoms with Crippen molar-refractivity contribution in [3.05, 3.63) is 60.2 Å². The van der Waals surface area contributed by atoms with Gasteiger partial charge in [0.2, 0.25) is 0 Å². The molecule has 0 atom stereocenters. The highest BCUT2D eigenvalue weighted by atomic mass is 32.2. The molecule has 0 bridgehead atoms. The Bertz CT molecular complexity index is 622. The monoisotopic (exact) mass is 276 g/mol. The molecule has 19 heavy (non-hydrogen) atoms. The summed E-state index contributed by atoms with van der Waals surface area (Å²) in [5.41, 5.74) is 4.47. The second-order valence-electron chi connectivity index (χ2n) is 4.09. The highest BCUT2D eigenvalue weighted by Crippen LogP contribution is 2.11. The van der Waals surface area contributed by atoms with Crippen molar-refractivity contribution in [2.24, 2.45) is 0 Å². The lowest BCUT2D eigenvalue weighted by atomic mass is 10.2. The zero-order chi connectivity index (χ0) is 13.7. The van der Waals surface area contributed by atoms with Crippen molar-refractivity contribution in [2.45, 2.75) is 18.2 Å². The van der Waals surface area contributed by atoms with E-state index in [4.69, 9.17) is 0 Å². The number of hydrogen-bond donors (Lipinski definition) is 2. The third-order valence-electron chi connectivity index (χ3n) is 2.75. The van der Waals surface area contributed by atoms with E-state index in [1.807, 2.05) is 37.3 Å². The first kappa shape index (κ1) is 13.6. The second kappa shape index (κ2) is 5.86. The first-order valence-corrected chi connectivity index (χ1v) is 7.52. The molecule has 0 radical (unpaired) electrons. The molecule has 0 saturated heterocycles. The Morgan fingerprint density at radius 2 is 1.58 bits per heavy atom. The van der Waals surface area contributed by atoms with E-state index < -0.39 is 10.0 Å². The minimum atomic E-state index is -3.54. The van der Waals surface area contributed by atoms with E-state index in [1.54, 1.807) is 24.3 Å². The predicted octanol–water partition coefficient (Wildman–Crippen LogP) is 2.55. The highest BCUT2D eigenvalue weighted by molar-refractivity contribution is 7.89. The van der Waals surface area contributed by atoms with E-state index in [2.05, 4.69) is 10.3 Å². The summed E-state index contributed by atoms with van der Waals surface area (Å²) in [6.07, 6.45) is 0.885. The van der Waals surface area contributed by atoms with Gasteiger partial charge in [-0.1, -0.05) is 37.3 Å². The number of para-hydroxylation sites is 1. The van der Waals surface area contributed by atoms with Gasteiger partial charge in [0.15, 0.2) is 0 Å². The first-order chi connectivity index (χ1) is 9.12. The fourth-order valence-corrected chi connectivity index (χ4v) is 2.48. The van der Waals surface area contributed by atoms with Crippen LogP contribution < -0.4 is 10.3 Å². The molecule has 0 heterocycles. The number of nitrogens with one attached hydrogen (secondary N) is 2. The molecule has 0 aliphatic heterocycles. The van der Waals surface area contributed by atoms with Crippen molar-refractivity contribution in [3.8, 4) is 0 Å². The van der Waals surface area contributed by atoms with Crippen LogP contribution in [0.25, 0.3) is 0 Å². The Morgan fingerprint density at radius 3 is 2.16 bits per heavy atom. The summed E-state index contributed by atoms with van der Waals surface area (Å²) >= 11 is 0. The maximum atomic E-state index is 12.0. The molecular weight excluding hydrogens is 260 g/mol. The average Bonchev–Trinajstić information content (AvgIpc) is 2.46. The zero-order valence-corrected chi connectivity index (χ0v) is 11.4. The number of rotatable bonds is 5. The van der Waals surface area contributed by atoms with E-state index in [1.165, 1.54) is 0 Å². The summed E-state index contributed by atoms with van der Waals surface area (Å²) in [7, 11) is -3.54. The van der Waals surface area contributed by atoms with Gasteiger partial charge in [-0.2, -0.15) is 0 Å². The standard InChI is InChI=1S/C14H16N2O2S/c1-2-12-8-10-14(11-9-12)19(17,18)16-15-13-6-4-3-5-7-13/h3-11,15-16H,2H2,1H3. The number of aryl methyl sites for hydroxylation is 1. The van der Waals surface area contributed by atoms with Crippen molar-refractivity contribution in [2.75, 3.05) is 5.43 Å². The van der Waals surface area contributed by atoms with Gasteiger partial charge in [0, 0.05) is 5.69 Å². The topological polar surface area (TPSA) is 58.2 Å². The fraction of sp³-hybridized carbons (Fsp3) is 0.143. The van der Waals surface area contributed by atoms with E-state index >= 15 is 0 Å². The van der Waals surface area contributed by atoms with Gasteiger partial charge in [-0.15, -0.1) is 4.83 Å². The van der Waals surface area contributed by atoms with Crippen LogP contribution in [0.3, 0.4) is 0 Å². The van der Waals surface area contributed by atoms with Crippen LogP contribution in [-0.4, -0.2) is 8.42 Å². The van der Waals surface area contributed by atoms with Crippen LogP contribution in [0, 0.1) is 0 Å². The molecule has 0 aromatic heterocycles. The van der Waals surface area contributed by atoms with Gasteiger partial charge >= 0.3 is 0 Å². The summed E-state index contributed by atoms with van der Waals surface area (Å²) in [5, 5.41) is 0. The van der Waals surface area contributed by atoms with E-state index in [9.17, 15) is 8.42 Å². The van der Waals surface area contributed by atoms with E-state index in [0.717, 1.165) is 12.0 Å². The number of anilines is 1. The van der Waals surface area contributed by atoms with Crippen LogP contribution in [-0.2, 0) is 16.4 Å². The number of sulfonamides is 1. The van der Waals surface area contributed by atoms with Crippen LogP contribution in [0.1, 0.15) is 12.5 Å². The Balaban J connectivity index is 2.09. The van der Waals surface area contributed by atoms with Crippen LogP contribution in [0.5, 0.6) is 0 Å². The molecule has 0 fully saturated rings. The Morgan fingerprint density at radius 1 is 0.947 bits per heavy atom. The Hall–Kier alpha value is -1.85. The Kier molecular flexibility index (Phi) is 4.19. The maximum absolute atomic E-state index is 12.0. The molecule has 0 spiro atoms. The van der Waals surface area contributed by atoms with Crippen molar-refractivity contribution in [1.82, 2.24) is 4.83 Å². The van der Waals surface area contributed by atoms with Crippen molar-refractivity contribution in [3.63, 3.8) is 0 Å². The van der Waals surface area contributed by atoms with Gasteiger partial charge in [0.05, 0.1) is 4.90 Å². The number of hydrazine groups is 1. The summed E-state index contributed by atoms with van der Waals surface area (Å²) in [6, 6.07) is 15.9. The van der Waals surface area contributed by atoms with Gasteiger partial charge in [-0.3, -0.25) is 0 Å². The third-order valence-corrected chi connectivity index (χ3v) is 4.01. The first-order valence-electron chi connectivity index (χ1n) is 6.03. The normalized spacial score (nSPS) is 11.2. The van der Waals surface area contributed by atoms with E-state index in [0.29, 0.717) is 5.69 Å². The molecule has 5 heteroatoms. The average molecular weight is 276 g/mol. The molecule has 2 aromatic carbocycles. The minimum absolute atomic E-state index is 0.244. The molecule has 0 unspecified atom stereocenters. The van der Waals surface area contributed by atoms with Crippen molar-refractivity contribution in [1.29, 1.82) is 0 Å².